The molecule has 0 saturated carbocycles. The first-order valence-corrected chi connectivity index (χ1v) is 9.44. The summed E-state index contributed by atoms with van der Waals surface area (Å²) in [5.41, 5.74) is 6.80. The van der Waals surface area contributed by atoms with Crippen LogP contribution in [0.1, 0.15) is 17.6 Å². The standard InChI is InChI=1S/C18H21N5O4S/c19-18-21-15-12(16(26)22-18)20-11(7-6-9-4-2-1-3-5-9)23(15)17-14(28)13(25)10(8-24)27-17/h1-5,10,13-14,17,24-25,28H,6-8H2,(H3,19,21,22,26)/t10-,13-,14-,17-/m1/s1. The van der Waals surface area contributed by atoms with Crippen LogP contribution in [0.2, 0.25) is 0 Å². The number of thiol groups is 1. The Morgan fingerprint density at radius 1 is 1.25 bits per heavy atom. The fourth-order valence-electron chi connectivity index (χ4n) is 3.48. The highest BCUT2D eigenvalue weighted by Crippen LogP contribution is 2.35. The lowest BCUT2D eigenvalue weighted by atomic mass is 10.1. The van der Waals surface area contributed by atoms with Crippen LogP contribution in [0.5, 0.6) is 0 Å². The number of nitrogen functional groups attached to an aromatic ring is 1. The monoisotopic (exact) mass is 403 g/mol. The second kappa shape index (κ2) is 7.55. The first kappa shape index (κ1) is 18.9. The number of aryl methyl sites for hydroxylation is 2. The maximum absolute atomic E-state index is 12.3. The summed E-state index contributed by atoms with van der Waals surface area (Å²) in [6.45, 7) is -0.350. The molecule has 3 aromatic rings. The highest BCUT2D eigenvalue weighted by Gasteiger charge is 2.44. The summed E-state index contributed by atoms with van der Waals surface area (Å²) in [5.74, 6) is 0.526. The molecule has 3 heterocycles. The van der Waals surface area contributed by atoms with Gasteiger partial charge in [0, 0.05) is 6.42 Å². The summed E-state index contributed by atoms with van der Waals surface area (Å²) in [6.07, 6.45) is -1.31. The molecule has 2 aromatic heterocycles. The number of benzene rings is 1. The molecule has 9 nitrogen and oxygen atoms in total. The number of aliphatic hydroxyl groups is 2. The zero-order chi connectivity index (χ0) is 19.8. The summed E-state index contributed by atoms with van der Waals surface area (Å²) in [6, 6.07) is 9.87. The van der Waals surface area contributed by atoms with Crippen molar-refractivity contribution in [2.45, 2.75) is 36.5 Å². The molecule has 0 bridgehead atoms. The first-order chi connectivity index (χ1) is 13.5. The number of aromatic nitrogens is 4. The number of hydrogen-bond donors (Lipinski definition) is 5. The topological polar surface area (TPSA) is 139 Å². The Bertz CT molecular complexity index is 1040. The van der Waals surface area contributed by atoms with Crippen molar-refractivity contribution in [1.82, 2.24) is 19.5 Å². The predicted octanol–water partition coefficient (Wildman–Crippen LogP) is 0.0360. The number of H-pyrrole nitrogens is 1. The summed E-state index contributed by atoms with van der Waals surface area (Å²) in [7, 11) is 0. The van der Waals surface area contributed by atoms with E-state index >= 15 is 0 Å². The van der Waals surface area contributed by atoms with Crippen molar-refractivity contribution in [3.8, 4) is 0 Å². The second-order valence-corrected chi connectivity index (χ2v) is 7.33. The lowest BCUT2D eigenvalue weighted by molar-refractivity contribution is -0.0438. The number of anilines is 1. The van der Waals surface area contributed by atoms with Gasteiger partial charge in [-0.05, 0) is 12.0 Å². The lowest BCUT2D eigenvalue weighted by Crippen LogP contribution is -2.30. The van der Waals surface area contributed by atoms with Gasteiger partial charge >= 0.3 is 0 Å². The van der Waals surface area contributed by atoms with E-state index in [1.807, 2.05) is 30.3 Å². The summed E-state index contributed by atoms with van der Waals surface area (Å²) < 4.78 is 7.47. The third kappa shape index (κ3) is 3.28. The fourth-order valence-corrected chi connectivity index (χ4v) is 3.88. The molecule has 1 aliphatic rings. The number of rotatable bonds is 5. The highest BCUT2D eigenvalue weighted by molar-refractivity contribution is 7.81. The van der Waals surface area contributed by atoms with Crippen LogP contribution >= 0.6 is 12.6 Å². The number of fused-ring (bicyclic) bond motifs is 1. The molecule has 5 N–H and O–H groups in total. The molecule has 0 radical (unpaired) electrons. The lowest BCUT2D eigenvalue weighted by Gasteiger charge is -2.19. The summed E-state index contributed by atoms with van der Waals surface area (Å²) >= 11 is 4.47. The van der Waals surface area contributed by atoms with Crippen molar-refractivity contribution >= 4 is 29.7 Å². The van der Waals surface area contributed by atoms with Gasteiger partial charge in [0.25, 0.3) is 5.56 Å². The van der Waals surface area contributed by atoms with Crippen LogP contribution in [0.15, 0.2) is 35.1 Å². The molecular formula is C18H21N5O4S. The van der Waals surface area contributed by atoms with Gasteiger partial charge in [0.05, 0.1) is 18.0 Å². The van der Waals surface area contributed by atoms with Crippen molar-refractivity contribution < 1.29 is 14.9 Å². The number of hydrogen-bond acceptors (Lipinski definition) is 8. The predicted molar refractivity (Wildman–Crippen MR) is 106 cm³/mol. The van der Waals surface area contributed by atoms with Gasteiger partial charge in [0.15, 0.2) is 17.4 Å². The molecule has 1 fully saturated rings. The van der Waals surface area contributed by atoms with Crippen LogP contribution in [0.4, 0.5) is 5.95 Å². The van der Waals surface area contributed by atoms with Crippen molar-refractivity contribution in [3.63, 3.8) is 0 Å². The number of ether oxygens (including phenoxy) is 1. The number of imidazole rings is 1. The van der Waals surface area contributed by atoms with E-state index in [-0.39, 0.29) is 23.7 Å². The highest BCUT2D eigenvalue weighted by atomic mass is 32.1. The Morgan fingerprint density at radius 2 is 2.00 bits per heavy atom. The third-order valence-corrected chi connectivity index (χ3v) is 5.45. The minimum absolute atomic E-state index is 0.0405. The Hall–Kier alpha value is -2.40. The fraction of sp³-hybridized carbons (Fsp3) is 0.389. The van der Waals surface area contributed by atoms with E-state index < -0.39 is 29.2 Å². The summed E-state index contributed by atoms with van der Waals surface area (Å²) in [4.78, 5) is 23.5. The van der Waals surface area contributed by atoms with Crippen molar-refractivity contribution in [1.29, 1.82) is 0 Å². The van der Waals surface area contributed by atoms with Gasteiger partial charge < -0.3 is 20.7 Å². The average Bonchev–Trinajstić information content (AvgIpc) is 3.18. The molecule has 1 aliphatic heterocycles. The van der Waals surface area contributed by atoms with Crippen LogP contribution in [-0.2, 0) is 17.6 Å². The van der Waals surface area contributed by atoms with Gasteiger partial charge in [0.2, 0.25) is 5.95 Å². The molecule has 4 atom stereocenters. The molecular weight excluding hydrogens is 382 g/mol. The molecule has 4 rings (SSSR count). The van der Waals surface area contributed by atoms with Gasteiger partial charge in [-0.15, -0.1) is 0 Å². The molecule has 148 valence electrons. The average molecular weight is 403 g/mol. The van der Waals surface area contributed by atoms with E-state index in [1.54, 1.807) is 4.57 Å². The normalized spacial score (nSPS) is 24.8. The number of nitrogens with zero attached hydrogens (tertiary/aromatic N) is 3. The van der Waals surface area contributed by atoms with Crippen LogP contribution in [-0.4, -0.2) is 53.8 Å². The molecule has 0 aliphatic carbocycles. The van der Waals surface area contributed by atoms with E-state index in [4.69, 9.17) is 10.5 Å². The molecule has 0 unspecified atom stereocenters. The first-order valence-electron chi connectivity index (χ1n) is 8.92. The van der Waals surface area contributed by atoms with E-state index in [1.165, 1.54) is 0 Å². The molecule has 0 amide bonds. The smallest absolute Gasteiger partial charge is 0.280 e. The minimum atomic E-state index is -0.975. The molecule has 10 heteroatoms. The SMILES string of the molecule is Nc1nc2c(nc(CCc3ccccc3)n2[C@@H]2O[C@H](CO)[C@@H](O)[C@H]2S)c(=O)[nH]1. The third-order valence-electron chi connectivity index (χ3n) is 4.89. The van der Waals surface area contributed by atoms with Crippen molar-refractivity contribution in [2.75, 3.05) is 12.3 Å². The van der Waals surface area contributed by atoms with E-state index in [9.17, 15) is 15.0 Å². The summed E-state index contributed by atoms with van der Waals surface area (Å²) in [5, 5.41) is 19.1. The van der Waals surface area contributed by atoms with Crippen LogP contribution in [0.25, 0.3) is 11.2 Å². The van der Waals surface area contributed by atoms with Crippen LogP contribution in [0, 0.1) is 0 Å². The van der Waals surface area contributed by atoms with Gasteiger partial charge in [-0.3, -0.25) is 14.3 Å². The van der Waals surface area contributed by atoms with E-state index in [0.717, 1.165) is 5.56 Å². The molecule has 28 heavy (non-hydrogen) atoms. The number of aliphatic hydroxyl groups excluding tert-OH is 2. The number of nitrogens with two attached hydrogens (primary N) is 1. The van der Waals surface area contributed by atoms with Gasteiger partial charge in [-0.25, -0.2) is 4.98 Å². The van der Waals surface area contributed by atoms with Gasteiger partial charge in [-0.1, -0.05) is 30.3 Å². The van der Waals surface area contributed by atoms with Gasteiger partial charge in [-0.2, -0.15) is 17.6 Å². The maximum atomic E-state index is 12.3. The Balaban J connectivity index is 1.79. The van der Waals surface area contributed by atoms with Gasteiger partial charge in [0.1, 0.15) is 11.9 Å². The molecule has 1 aromatic carbocycles. The largest absolute Gasteiger partial charge is 0.394 e. The van der Waals surface area contributed by atoms with Crippen molar-refractivity contribution in [3.05, 3.63) is 52.1 Å². The Morgan fingerprint density at radius 3 is 2.68 bits per heavy atom. The number of nitrogens with one attached hydrogen (secondary N) is 1. The maximum Gasteiger partial charge on any atom is 0.280 e. The van der Waals surface area contributed by atoms with Crippen LogP contribution in [0.3, 0.4) is 0 Å². The molecule has 0 spiro atoms. The Labute approximate surface area is 165 Å². The van der Waals surface area contributed by atoms with Crippen molar-refractivity contribution in [2.24, 2.45) is 0 Å². The Kier molecular flexibility index (Phi) is 5.11. The molecule has 1 saturated heterocycles. The van der Waals surface area contributed by atoms with Crippen LogP contribution < -0.4 is 11.3 Å². The zero-order valence-corrected chi connectivity index (χ0v) is 15.8. The minimum Gasteiger partial charge on any atom is -0.394 e. The second-order valence-electron chi connectivity index (χ2n) is 6.74. The zero-order valence-electron chi connectivity index (χ0n) is 14.9. The van der Waals surface area contributed by atoms with E-state index in [2.05, 4.69) is 27.6 Å². The van der Waals surface area contributed by atoms with E-state index in [0.29, 0.717) is 18.7 Å². The number of aromatic amines is 1. The quantitative estimate of drug-likeness (QED) is 0.379.